The minimum Gasteiger partial charge on any atom is -0.491 e. The Labute approximate surface area is 213 Å². The molecule has 0 aliphatic carbocycles. The molecule has 1 fully saturated rings. The van der Waals surface area contributed by atoms with E-state index >= 15 is 0 Å². The maximum atomic E-state index is 14.2. The fourth-order valence-electron chi connectivity index (χ4n) is 5.13. The number of hydrogen-bond acceptors (Lipinski definition) is 6. The van der Waals surface area contributed by atoms with E-state index in [0.717, 1.165) is 29.8 Å². The SMILES string of the molecule is C=CC(=O)N1CCC(N[C@H]2COc3cc(-c4nc5ccc(OC)nn5c4-c4cccc(F)c4)ccc32)C1. The van der Waals surface area contributed by atoms with Gasteiger partial charge in [0.1, 0.15) is 23.9 Å². The summed E-state index contributed by atoms with van der Waals surface area (Å²) < 4.78 is 27.2. The molecule has 8 nitrogen and oxygen atoms in total. The molecule has 0 saturated carbocycles. The quantitative estimate of drug-likeness (QED) is 0.404. The van der Waals surface area contributed by atoms with Gasteiger partial charge in [-0.05, 0) is 36.8 Å². The van der Waals surface area contributed by atoms with Crippen molar-refractivity contribution in [1.82, 2.24) is 24.8 Å². The van der Waals surface area contributed by atoms with Crippen LogP contribution in [0.1, 0.15) is 18.0 Å². The summed E-state index contributed by atoms with van der Waals surface area (Å²) >= 11 is 0. The number of nitrogens with one attached hydrogen (secondary N) is 1. The minimum absolute atomic E-state index is 0.0301. The maximum Gasteiger partial charge on any atom is 0.246 e. The molecule has 6 rings (SSSR count). The molecule has 9 heteroatoms. The highest BCUT2D eigenvalue weighted by Crippen LogP contribution is 2.39. The van der Waals surface area contributed by atoms with Gasteiger partial charge >= 0.3 is 0 Å². The van der Waals surface area contributed by atoms with Crippen LogP contribution in [0.25, 0.3) is 28.2 Å². The van der Waals surface area contributed by atoms with E-state index in [9.17, 15) is 9.18 Å². The Kier molecular flexibility index (Phi) is 5.84. The van der Waals surface area contributed by atoms with Crippen molar-refractivity contribution in [2.24, 2.45) is 0 Å². The molecule has 2 aliphatic heterocycles. The first kappa shape index (κ1) is 23.2. The van der Waals surface area contributed by atoms with Crippen molar-refractivity contribution < 1.29 is 18.7 Å². The van der Waals surface area contributed by atoms with Crippen LogP contribution in [0.3, 0.4) is 0 Å². The highest BCUT2D eigenvalue weighted by molar-refractivity contribution is 5.87. The molecule has 0 bridgehead atoms. The van der Waals surface area contributed by atoms with Crippen molar-refractivity contribution in [1.29, 1.82) is 0 Å². The summed E-state index contributed by atoms with van der Waals surface area (Å²) in [6, 6.07) is 16.2. The number of ether oxygens (including phenoxy) is 2. The van der Waals surface area contributed by atoms with Gasteiger partial charge in [-0.1, -0.05) is 30.8 Å². The molecular formula is C28H26FN5O3. The number of methoxy groups -OCH3 is 1. The largest absolute Gasteiger partial charge is 0.491 e. The van der Waals surface area contributed by atoms with Crippen LogP contribution in [-0.4, -0.2) is 58.3 Å². The Morgan fingerprint density at radius 3 is 2.92 bits per heavy atom. The fraction of sp³-hybridized carbons (Fsp3) is 0.250. The lowest BCUT2D eigenvalue weighted by molar-refractivity contribution is -0.125. The number of benzene rings is 2. The lowest BCUT2D eigenvalue weighted by atomic mass is 10.0. The van der Waals surface area contributed by atoms with Crippen molar-refractivity contribution in [2.75, 3.05) is 26.8 Å². The van der Waals surface area contributed by atoms with Gasteiger partial charge in [-0.15, -0.1) is 5.10 Å². The van der Waals surface area contributed by atoms with E-state index < -0.39 is 0 Å². The Morgan fingerprint density at radius 1 is 1.22 bits per heavy atom. The maximum absolute atomic E-state index is 14.2. The van der Waals surface area contributed by atoms with Crippen LogP contribution >= 0.6 is 0 Å². The van der Waals surface area contributed by atoms with Gasteiger partial charge in [0, 0.05) is 41.9 Å². The predicted molar refractivity (Wildman–Crippen MR) is 137 cm³/mol. The van der Waals surface area contributed by atoms with Crippen LogP contribution in [0.4, 0.5) is 4.39 Å². The Balaban J connectivity index is 1.34. The number of nitrogens with zero attached hydrogens (tertiary/aromatic N) is 4. The van der Waals surface area contributed by atoms with Gasteiger partial charge in [0.2, 0.25) is 11.8 Å². The first-order valence-corrected chi connectivity index (χ1v) is 12.2. The lowest BCUT2D eigenvalue weighted by Crippen LogP contribution is -2.37. The first-order chi connectivity index (χ1) is 18.0. The van der Waals surface area contributed by atoms with E-state index in [1.807, 2.05) is 35.2 Å². The third-order valence-corrected chi connectivity index (χ3v) is 6.94. The number of rotatable bonds is 6. The van der Waals surface area contributed by atoms with Crippen molar-refractivity contribution in [3.05, 3.63) is 78.6 Å². The third-order valence-electron chi connectivity index (χ3n) is 6.94. The molecule has 0 radical (unpaired) electrons. The number of fused-ring (bicyclic) bond motifs is 2. The number of amides is 1. The van der Waals surface area contributed by atoms with Crippen molar-refractivity contribution in [3.8, 4) is 34.1 Å². The average molecular weight is 500 g/mol. The van der Waals surface area contributed by atoms with Crippen molar-refractivity contribution >= 4 is 11.6 Å². The highest BCUT2D eigenvalue weighted by atomic mass is 19.1. The molecule has 2 aliphatic rings. The molecule has 1 N–H and O–H groups in total. The summed E-state index contributed by atoms with van der Waals surface area (Å²) in [6.07, 6.45) is 2.25. The van der Waals surface area contributed by atoms with E-state index in [2.05, 4.69) is 17.0 Å². The van der Waals surface area contributed by atoms with E-state index in [1.165, 1.54) is 18.2 Å². The molecule has 2 atom stereocenters. The van der Waals surface area contributed by atoms with Crippen LogP contribution in [0.5, 0.6) is 11.6 Å². The normalized spacial score (nSPS) is 18.6. The summed E-state index contributed by atoms with van der Waals surface area (Å²) in [5, 5.41) is 8.19. The van der Waals surface area contributed by atoms with Gasteiger partial charge in [-0.2, -0.15) is 0 Å². The van der Waals surface area contributed by atoms with Crippen molar-refractivity contribution in [3.63, 3.8) is 0 Å². The summed E-state index contributed by atoms with van der Waals surface area (Å²) in [5.41, 5.74) is 4.52. The zero-order valence-corrected chi connectivity index (χ0v) is 20.4. The smallest absolute Gasteiger partial charge is 0.246 e. The molecule has 1 amide bonds. The Bertz CT molecular complexity index is 1520. The second kappa shape index (κ2) is 9.33. The zero-order chi connectivity index (χ0) is 25.5. The molecule has 0 spiro atoms. The van der Waals surface area contributed by atoms with Gasteiger partial charge in [0.25, 0.3) is 0 Å². The summed E-state index contributed by atoms with van der Waals surface area (Å²) in [6.45, 7) is 5.46. The van der Waals surface area contributed by atoms with Gasteiger partial charge in [-0.25, -0.2) is 13.9 Å². The zero-order valence-electron chi connectivity index (χ0n) is 20.4. The lowest BCUT2D eigenvalue weighted by Gasteiger charge is -2.19. The molecule has 2 aromatic heterocycles. The number of carbonyl (C=O) groups is 1. The number of imidazole rings is 1. The average Bonchev–Trinajstić information content (AvgIpc) is 3.65. The molecule has 188 valence electrons. The van der Waals surface area contributed by atoms with Gasteiger partial charge in [0.15, 0.2) is 5.65 Å². The van der Waals surface area contributed by atoms with E-state index in [0.29, 0.717) is 41.6 Å². The molecule has 2 aromatic carbocycles. The molecule has 37 heavy (non-hydrogen) atoms. The Morgan fingerprint density at radius 2 is 2.11 bits per heavy atom. The topological polar surface area (TPSA) is 81.0 Å². The van der Waals surface area contributed by atoms with Gasteiger partial charge in [-0.3, -0.25) is 4.79 Å². The summed E-state index contributed by atoms with van der Waals surface area (Å²) in [7, 11) is 1.55. The fourth-order valence-corrected chi connectivity index (χ4v) is 5.13. The van der Waals surface area contributed by atoms with E-state index in [1.54, 1.807) is 23.8 Å². The second-order valence-corrected chi connectivity index (χ2v) is 9.22. The number of carbonyl (C=O) groups excluding carboxylic acids is 1. The summed E-state index contributed by atoms with van der Waals surface area (Å²) in [5.74, 6) is 0.832. The van der Waals surface area contributed by atoms with Crippen LogP contribution in [0.15, 0.2) is 67.3 Å². The first-order valence-electron chi connectivity index (χ1n) is 12.2. The van der Waals surface area contributed by atoms with Crippen LogP contribution in [0, 0.1) is 5.82 Å². The molecule has 4 aromatic rings. The second-order valence-electron chi connectivity index (χ2n) is 9.22. The molecular weight excluding hydrogens is 473 g/mol. The minimum atomic E-state index is -0.340. The predicted octanol–water partition coefficient (Wildman–Crippen LogP) is 4.02. The van der Waals surface area contributed by atoms with Gasteiger partial charge < -0.3 is 19.7 Å². The van der Waals surface area contributed by atoms with Crippen LogP contribution < -0.4 is 14.8 Å². The van der Waals surface area contributed by atoms with E-state index in [4.69, 9.17) is 14.5 Å². The van der Waals surface area contributed by atoms with Crippen molar-refractivity contribution in [2.45, 2.75) is 18.5 Å². The number of likely N-dealkylation sites (tertiary alicyclic amines) is 1. The highest BCUT2D eigenvalue weighted by Gasteiger charge is 2.31. The standard InChI is InChI=1S/C28H26FN5O3/c1-3-26(35)33-12-11-20(15-33)30-22-16-37-23-14-17(7-8-21(22)23)27-28(18-5-4-6-19(29)13-18)34-24(31-27)9-10-25(32-34)36-2/h3-10,13-14,20,22,30H,1,11-12,15-16H2,2H3/t20?,22-/m0/s1. The Hall–Kier alpha value is -4.24. The number of aromatic nitrogens is 3. The summed E-state index contributed by atoms with van der Waals surface area (Å²) in [4.78, 5) is 18.6. The molecule has 1 saturated heterocycles. The number of hydrogen-bond donors (Lipinski definition) is 1. The monoisotopic (exact) mass is 499 g/mol. The third kappa shape index (κ3) is 4.21. The molecule has 1 unspecified atom stereocenters. The van der Waals surface area contributed by atoms with E-state index in [-0.39, 0.29) is 23.8 Å². The van der Waals surface area contributed by atoms with Gasteiger partial charge in [0.05, 0.1) is 18.8 Å². The van der Waals surface area contributed by atoms with Crippen LogP contribution in [0.2, 0.25) is 0 Å². The van der Waals surface area contributed by atoms with Crippen LogP contribution in [-0.2, 0) is 4.79 Å². The molecule has 4 heterocycles. The number of halogens is 1.